The highest BCUT2D eigenvalue weighted by Gasteiger charge is 2.39. The van der Waals surface area contributed by atoms with Crippen molar-refractivity contribution in [3.05, 3.63) is 72.1 Å². The maximum Gasteiger partial charge on any atom is 0.433 e. The standard InChI is InChI=1S/C24H17F6N5O2/c1-13(2)37-22(36)18(16-5-3-4-14-6-7-31-10-17(14)16)11-35-12-32-21(34-35)15-8-19(23(25,26)27)33-20(9-15)24(28,29)30/h3-13H,1-2H3/b18-11+. The largest absolute Gasteiger partial charge is 0.459 e. The highest BCUT2D eigenvalue weighted by molar-refractivity contribution is 6.23. The van der Waals surface area contributed by atoms with E-state index in [-0.39, 0.29) is 5.57 Å². The zero-order chi connectivity index (χ0) is 27.0. The summed E-state index contributed by atoms with van der Waals surface area (Å²) < 4.78 is 85.5. The number of hydrogen-bond acceptors (Lipinski definition) is 6. The summed E-state index contributed by atoms with van der Waals surface area (Å²) in [6, 6.07) is 7.72. The van der Waals surface area contributed by atoms with Crippen molar-refractivity contribution in [3.8, 4) is 11.4 Å². The fraction of sp³-hybridized carbons (Fsp3) is 0.208. The highest BCUT2D eigenvalue weighted by Crippen LogP contribution is 2.35. The third-order valence-corrected chi connectivity index (χ3v) is 4.97. The van der Waals surface area contributed by atoms with Gasteiger partial charge in [0.05, 0.1) is 11.7 Å². The summed E-state index contributed by atoms with van der Waals surface area (Å²) in [6.07, 6.45) is -5.35. The van der Waals surface area contributed by atoms with Crippen molar-refractivity contribution >= 4 is 28.5 Å². The maximum absolute atomic E-state index is 13.2. The zero-order valence-electron chi connectivity index (χ0n) is 19.2. The van der Waals surface area contributed by atoms with Gasteiger partial charge in [0.15, 0.2) is 5.82 Å². The second-order valence-electron chi connectivity index (χ2n) is 8.07. The fourth-order valence-corrected chi connectivity index (χ4v) is 3.41. The van der Waals surface area contributed by atoms with Crippen LogP contribution in [0.1, 0.15) is 30.8 Å². The van der Waals surface area contributed by atoms with E-state index >= 15 is 0 Å². The van der Waals surface area contributed by atoms with E-state index in [0.717, 1.165) is 16.4 Å². The van der Waals surface area contributed by atoms with E-state index < -0.39 is 47.2 Å². The van der Waals surface area contributed by atoms with Crippen molar-refractivity contribution < 1.29 is 35.9 Å². The number of aromatic nitrogens is 5. The minimum absolute atomic E-state index is 0.0189. The summed E-state index contributed by atoms with van der Waals surface area (Å²) >= 11 is 0. The van der Waals surface area contributed by atoms with Crippen molar-refractivity contribution in [1.29, 1.82) is 0 Å². The Morgan fingerprint density at radius 3 is 2.32 bits per heavy atom. The van der Waals surface area contributed by atoms with E-state index in [1.807, 2.05) is 0 Å². The van der Waals surface area contributed by atoms with Gasteiger partial charge in [0, 0.05) is 29.5 Å². The Balaban J connectivity index is 1.83. The van der Waals surface area contributed by atoms with Crippen LogP contribution in [0.4, 0.5) is 26.3 Å². The Morgan fingerprint density at radius 1 is 1.03 bits per heavy atom. The number of halogens is 6. The molecule has 3 aromatic heterocycles. The number of rotatable bonds is 5. The summed E-state index contributed by atoms with van der Waals surface area (Å²) in [5.41, 5.74) is -3.59. The van der Waals surface area contributed by atoms with Gasteiger partial charge in [-0.25, -0.2) is 19.4 Å². The van der Waals surface area contributed by atoms with Crippen molar-refractivity contribution in [3.63, 3.8) is 0 Å². The molecule has 0 N–H and O–H groups in total. The lowest BCUT2D eigenvalue weighted by molar-refractivity contribution is -0.150. The summed E-state index contributed by atoms with van der Waals surface area (Å²) in [7, 11) is 0. The number of carbonyl (C=O) groups is 1. The van der Waals surface area contributed by atoms with Crippen LogP contribution in [0.2, 0.25) is 0 Å². The van der Waals surface area contributed by atoms with Gasteiger partial charge in [-0.3, -0.25) is 4.98 Å². The second-order valence-corrected chi connectivity index (χ2v) is 8.07. The number of alkyl halides is 6. The molecule has 0 atom stereocenters. The molecular formula is C24H17F6N5O2. The van der Waals surface area contributed by atoms with Crippen LogP contribution in [0, 0.1) is 0 Å². The Hall–Kier alpha value is -4.29. The minimum Gasteiger partial charge on any atom is -0.459 e. The molecule has 0 spiro atoms. The monoisotopic (exact) mass is 521 g/mol. The molecule has 0 amide bonds. The fourth-order valence-electron chi connectivity index (χ4n) is 3.41. The maximum atomic E-state index is 13.2. The van der Waals surface area contributed by atoms with Gasteiger partial charge in [0.25, 0.3) is 0 Å². The third-order valence-electron chi connectivity index (χ3n) is 4.97. The summed E-state index contributed by atoms with van der Waals surface area (Å²) in [4.78, 5) is 23.6. The molecule has 37 heavy (non-hydrogen) atoms. The van der Waals surface area contributed by atoms with Gasteiger partial charge < -0.3 is 4.74 Å². The average molecular weight is 521 g/mol. The van der Waals surface area contributed by atoms with Crippen LogP contribution in [0.25, 0.3) is 33.9 Å². The molecule has 0 radical (unpaired) electrons. The second kappa shape index (κ2) is 9.64. The Labute approximate surface area is 205 Å². The molecule has 0 unspecified atom stereocenters. The summed E-state index contributed by atoms with van der Waals surface area (Å²) in [5, 5.41) is 5.35. The first-order valence-corrected chi connectivity index (χ1v) is 10.7. The molecule has 13 heteroatoms. The summed E-state index contributed by atoms with van der Waals surface area (Å²) in [5.74, 6) is -1.17. The molecule has 0 fully saturated rings. The van der Waals surface area contributed by atoms with Crippen molar-refractivity contribution in [2.45, 2.75) is 32.3 Å². The smallest absolute Gasteiger partial charge is 0.433 e. The molecule has 0 saturated heterocycles. The third kappa shape index (κ3) is 5.76. The van der Waals surface area contributed by atoms with Gasteiger partial charge in [-0.1, -0.05) is 18.2 Å². The molecule has 192 valence electrons. The molecule has 0 aliphatic rings. The van der Waals surface area contributed by atoms with Gasteiger partial charge in [0.2, 0.25) is 0 Å². The van der Waals surface area contributed by atoms with Gasteiger partial charge in [0.1, 0.15) is 17.7 Å². The number of ether oxygens (including phenoxy) is 1. The average Bonchev–Trinajstić information content (AvgIpc) is 3.29. The lowest BCUT2D eigenvalue weighted by Gasteiger charge is -2.13. The van der Waals surface area contributed by atoms with Gasteiger partial charge in [-0.2, -0.15) is 26.3 Å². The first kappa shape index (κ1) is 25.8. The molecule has 1 aromatic carbocycles. The molecule has 0 aliphatic heterocycles. The predicted molar refractivity (Wildman–Crippen MR) is 120 cm³/mol. The van der Waals surface area contributed by atoms with Gasteiger partial charge in [-0.15, -0.1) is 5.10 Å². The molecule has 4 rings (SSSR count). The van der Waals surface area contributed by atoms with E-state index in [0.29, 0.717) is 23.1 Å². The van der Waals surface area contributed by atoms with Gasteiger partial charge >= 0.3 is 18.3 Å². The number of fused-ring (bicyclic) bond motifs is 1. The van der Waals surface area contributed by atoms with E-state index in [4.69, 9.17) is 4.74 Å². The van der Waals surface area contributed by atoms with Crippen molar-refractivity contribution in [2.24, 2.45) is 0 Å². The first-order valence-electron chi connectivity index (χ1n) is 10.7. The normalized spacial score (nSPS) is 12.8. The van der Waals surface area contributed by atoms with E-state index in [1.165, 1.54) is 6.20 Å². The predicted octanol–water partition coefficient (Wildman–Crippen LogP) is 5.88. The molecule has 4 aromatic rings. The minimum atomic E-state index is -5.13. The van der Waals surface area contributed by atoms with E-state index in [1.54, 1.807) is 50.5 Å². The number of esters is 1. The van der Waals surface area contributed by atoms with Crippen molar-refractivity contribution in [1.82, 2.24) is 24.7 Å². The van der Waals surface area contributed by atoms with Crippen LogP contribution in [0.3, 0.4) is 0 Å². The van der Waals surface area contributed by atoms with Crippen LogP contribution in [0.5, 0.6) is 0 Å². The summed E-state index contributed by atoms with van der Waals surface area (Å²) in [6.45, 7) is 3.29. The SMILES string of the molecule is CC(C)OC(=O)/C(=C/n1cnc(-c2cc(C(F)(F)F)nc(C(F)(F)F)c2)n1)c1cccc2ccncc12. The zero-order valence-corrected chi connectivity index (χ0v) is 19.2. The number of nitrogens with zero attached hydrogens (tertiary/aromatic N) is 5. The first-order chi connectivity index (χ1) is 17.3. The van der Waals surface area contributed by atoms with E-state index in [9.17, 15) is 31.1 Å². The number of carbonyl (C=O) groups excluding carboxylic acids is 1. The Morgan fingerprint density at radius 2 is 1.70 bits per heavy atom. The quantitative estimate of drug-likeness (QED) is 0.186. The van der Waals surface area contributed by atoms with Crippen LogP contribution in [-0.2, 0) is 21.9 Å². The van der Waals surface area contributed by atoms with Crippen LogP contribution >= 0.6 is 0 Å². The van der Waals surface area contributed by atoms with Crippen molar-refractivity contribution in [2.75, 3.05) is 0 Å². The lowest BCUT2D eigenvalue weighted by atomic mass is 10.0. The number of hydrogen-bond donors (Lipinski definition) is 0. The lowest BCUT2D eigenvalue weighted by Crippen LogP contribution is -2.15. The van der Waals surface area contributed by atoms with Crippen LogP contribution < -0.4 is 0 Å². The Bertz CT molecular complexity index is 1450. The van der Waals surface area contributed by atoms with E-state index in [2.05, 4.69) is 20.1 Å². The van der Waals surface area contributed by atoms with Crippen LogP contribution in [0.15, 0.2) is 55.1 Å². The number of pyridine rings is 2. The molecule has 7 nitrogen and oxygen atoms in total. The topological polar surface area (TPSA) is 82.8 Å². The molecular weight excluding hydrogens is 504 g/mol. The molecule has 0 saturated carbocycles. The molecule has 3 heterocycles. The Kier molecular flexibility index (Phi) is 6.72. The highest BCUT2D eigenvalue weighted by atomic mass is 19.4. The van der Waals surface area contributed by atoms with Crippen LogP contribution in [-0.4, -0.2) is 36.8 Å². The molecule has 0 aliphatic carbocycles. The molecule has 0 bridgehead atoms. The van der Waals surface area contributed by atoms with Gasteiger partial charge in [-0.05, 0) is 43.0 Å². The number of benzene rings is 1.